The summed E-state index contributed by atoms with van der Waals surface area (Å²) >= 11 is 0. The number of ketones is 2. The van der Waals surface area contributed by atoms with E-state index < -0.39 is 0 Å². The first-order valence-corrected chi connectivity index (χ1v) is 5.29. The maximum absolute atomic E-state index is 11.7. The summed E-state index contributed by atoms with van der Waals surface area (Å²) in [5.74, 6) is 0.00987. The van der Waals surface area contributed by atoms with E-state index in [0.29, 0.717) is 12.0 Å². The molecule has 0 aliphatic carbocycles. The average Bonchev–Trinajstić information content (AvgIpc) is 2.27. The molecule has 16 heavy (non-hydrogen) atoms. The van der Waals surface area contributed by atoms with Gasteiger partial charge in [0.1, 0.15) is 6.61 Å². The van der Waals surface area contributed by atoms with Crippen molar-refractivity contribution >= 4 is 11.6 Å². The molecule has 3 nitrogen and oxygen atoms in total. The second-order valence-electron chi connectivity index (χ2n) is 3.82. The molecule has 3 heteroatoms. The summed E-state index contributed by atoms with van der Waals surface area (Å²) in [5, 5.41) is 0. The largest absolute Gasteiger partial charge is 0.370 e. The zero-order chi connectivity index (χ0) is 12.0. The predicted octanol–water partition coefficient (Wildman–Crippen LogP) is 2.25. The van der Waals surface area contributed by atoms with Crippen LogP contribution in [-0.4, -0.2) is 24.3 Å². The van der Waals surface area contributed by atoms with Crippen LogP contribution in [-0.2, 0) is 9.53 Å². The topological polar surface area (TPSA) is 43.4 Å². The number of benzene rings is 1. The molecule has 0 aliphatic heterocycles. The molecule has 0 N–H and O–H groups in total. The van der Waals surface area contributed by atoms with Gasteiger partial charge in [-0.1, -0.05) is 30.3 Å². The van der Waals surface area contributed by atoms with E-state index in [9.17, 15) is 9.59 Å². The number of hydrogen-bond acceptors (Lipinski definition) is 3. The van der Waals surface area contributed by atoms with Crippen LogP contribution in [0.4, 0.5) is 0 Å². The lowest BCUT2D eigenvalue weighted by molar-refractivity contribution is -0.123. The van der Waals surface area contributed by atoms with Crippen LogP contribution >= 0.6 is 0 Å². The van der Waals surface area contributed by atoms with Crippen molar-refractivity contribution in [3.63, 3.8) is 0 Å². The highest BCUT2D eigenvalue weighted by Crippen LogP contribution is 2.07. The van der Waals surface area contributed by atoms with Crippen molar-refractivity contribution in [1.29, 1.82) is 0 Å². The lowest BCUT2D eigenvalue weighted by atomic mass is 10.1. The zero-order valence-corrected chi connectivity index (χ0v) is 9.60. The molecule has 0 aromatic heterocycles. The highest BCUT2D eigenvalue weighted by molar-refractivity contribution is 5.96. The summed E-state index contributed by atoms with van der Waals surface area (Å²) in [5.41, 5.74) is 0.681. The Balaban J connectivity index is 2.43. The van der Waals surface area contributed by atoms with E-state index in [1.807, 2.05) is 18.2 Å². The molecule has 1 aromatic rings. The fraction of sp³-hybridized carbons (Fsp3) is 0.385. The lowest BCUT2D eigenvalue weighted by Gasteiger charge is -2.10. The Bertz CT molecular complexity index is 357. The van der Waals surface area contributed by atoms with Gasteiger partial charge in [-0.3, -0.25) is 9.59 Å². The number of ether oxygens (including phenoxy) is 1. The van der Waals surface area contributed by atoms with Gasteiger partial charge < -0.3 is 4.74 Å². The third kappa shape index (κ3) is 4.36. The van der Waals surface area contributed by atoms with Gasteiger partial charge >= 0.3 is 0 Å². The minimum Gasteiger partial charge on any atom is -0.370 e. The SMILES string of the molecule is CC(=O)COC(C)CC(=O)c1ccccc1. The third-order valence-corrected chi connectivity index (χ3v) is 2.14. The van der Waals surface area contributed by atoms with Crippen molar-refractivity contribution < 1.29 is 14.3 Å². The summed E-state index contributed by atoms with van der Waals surface area (Å²) in [6.45, 7) is 3.33. The van der Waals surface area contributed by atoms with Crippen LogP contribution in [0.15, 0.2) is 30.3 Å². The van der Waals surface area contributed by atoms with Crippen LogP contribution in [0.3, 0.4) is 0 Å². The number of Topliss-reactive ketones (excluding diaryl/α,β-unsaturated/α-hetero) is 2. The van der Waals surface area contributed by atoms with Gasteiger partial charge in [0.25, 0.3) is 0 Å². The number of hydrogen-bond donors (Lipinski definition) is 0. The van der Waals surface area contributed by atoms with E-state index in [4.69, 9.17) is 4.74 Å². The van der Waals surface area contributed by atoms with Gasteiger partial charge in [0.2, 0.25) is 0 Å². The Morgan fingerprint density at radius 3 is 2.44 bits per heavy atom. The van der Waals surface area contributed by atoms with Crippen molar-refractivity contribution in [2.24, 2.45) is 0 Å². The normalized spacial score (nSPS) is 12.1. The van der Waals surface area contributed by atoms with Crippen molar-refractivity contribution in [3.05, 3.63) is 35.9 Å². The van der Waals surface area contributed by atoms with Gasteiger partial charge in [-0.2, -0.15) is 0 Å². The molecule has 1 rings (SSSR count). The Hall–Kier alpha value is -1.48. The molecule has 0 saturated heterocycles. The molecular formula is C13H16O3. The van der Waals surface area contributed by atoms with E-state index >= 15 is 0 Å². The van der Waals surface area contributed by atoms with Gasteiger partial charge in [0, 0.05) is 12.0 Å². The Morgan fingerprint density at radius 1 is 1.25 bits per heavy atom. The van der Waals surface area contributed by atoms with Gasteiger partial charge in [-0.05, 0) is 13.8 Å². The third-order valence-electron chi connectivity index (χ3n) is 2.14. The molecule has 0 saturated carbocycles. The monoisotopic (exact) mass is 220 g/mol. The first-order chi connectivity index (χ1) is 7.59. The average molecular weight is 220 g/mol. The molecule has 0 radical (unpaired) electrons. The van der Waals surface area contributed by atoms with Gasteiger partial charge in [0.15, 0.2) is 11.6 Å². The highest BCUT2D eigenvalue weighted by atomic mass is 16.5. The van der Waals surface area contributed by atoms with Crippen LogP contribution in [0.2, 0.25) is 0 Å². The summed E-state index contributed by atoms with van der Waals surface area (Å²) in [7, 11) is 0. The Morgan fingerprint density at radius 2 is 1.88 bits per heavy atom. The molecule has 1 atom stereocenters. The van der Waals surface area contributed by atoms with E-state index in [2.05, 4.69) is 0 Å². The second kappa shape index (κ2) is 6.18. The maximum atomic E-state index is 11.7. The first kappa shape index (κ1) is 12.6. The molecule has 0 bridgehead atoms. The maximum Gasteiger partial charge on any atom is 0.165 e. The molecule has 1 unspecified atom stereocenters. The molecule has 0 aliphatic rings. The summed E-state index contributed by atoms with van der Waals surface area (Å²) in [6.07, 6.45) is 0.0775. The number of rotatable bonds is 6. The minimum absolute atomic E-state index is 0.0287. The second-order valence-corrected chi connectivity index (χ2v) is 3.82. The Labute approximate surface area is 95.4 Å². The van der Waals surface area contributed by atoms with Gasteiger partial charge in [0.05, 0.1) is 6.10 Å². The van der Waals surface area contributed by atoms with Crippen LogP contribution in [0, 0.1) is 0 Å². The quantitative estimate of drug-likeness (QED) is 0.690. The lowest BCUT2D eigenvalue weighted by Crippen LogP contribution is -2.17. The van der Waals surface area contributed by atoms with E-state index in [0.717, 1.165) is 0 Å². The van der Waals surface area contributed by atoms with E-state index in [-0.39, 0.29) is 24.3 Å². The molecule has 0 spiro atoms. The predicted molar refractivity (Wildman–Crippen MR) is 61.5 cm³/mol. The molecule has 86 valence electrons. The fourth-order valence-electron chi connectivity index (χ4n) is 1.32. The zero-order valence-electron chi connectivity index (χ0n) is 9.60. The highest BCUT2D eigenvalue weighted by Gasteiger charge is 2.11. The number of carbonyl (C=O) groups is 2. The standard InChI is InChI=1S/C13H16O3/c1-10(14)9-16-11(2)8-13(15)12-6-4-3-5-7-12/h3-7,11H,8-9H2,1-2H3. The van der Waals surface area contributed by atoms with Crippen LogP contribution in [0.5, 0.6) is 0 Å². The van der Waals surface area contributed by atoms with Gasteiger partial charge in [-0.15, -0.1) is 0 Å². The fourth-order valence-corrected chi connectivity index (χ4v) is 1.32. The van der Waals surface area contributed by atoms with Crippen molar-refractivity contribution in [2.75, 3.05) is 6.61 Å². The van der Waals surface area contributed by atoms with E-state index in [1.165, 1.54) is 6.92 Å². The molecule has 1 aromatic carbocycles. The molecule has 0 amide bonds. The smallest absolute Gasteiger partial charge is 0.165 e. The van der Waals surface area contributed by atoms with Crippen molar-refractivity contribution in [1.82, 2.24) is 0 Å². The molecular weight excluding hydrogens is 204 g/mol. The molecule has 0 heterocycles. The first-order valence-electron chi connectivity index (χ1n) is 5.29. The van der Waals surface area contributed by atoms with Crippen LogP contribution < -0.4 is 0 Å². The minimum atomic E-state index is -0.225. The summed E-state index contributed by atoms with van der Waals surface area (Å²) < 4.78 is 5.23. The van der Waals surface area contributed by atoms with Crippen molar-refractivity contribution in [3.8, 4) is 0 Å². The van der Waals surface area contributed by atoms with E-state index in [1.54, 1.807) is 19.1 Å². The van der Waals surface area contributed by atoms with Crippen LogP contribution in [0.1, 0.15) is 30.6 Å². The van der Waals surface area contributed by atoms with Gasteiger partial charge in [-0.25, -0.2) is 0 Å². The summed E-state index contributed by atoms with van der Waals surface area (Å²) in [4.78, 5) is 22.4. The van der Waals surface area contributed by atoms with Crippen LogP contribution in [0.25, 0.3) is 0 Å². The number of carbonyl (C=O) groups excluding carboxylic acids is 2. The van der Waals surface area contributed by atoms with Crippen molar-refractivity contribution in [2.45, 2.75) is 26.4 Å². The summed E-state index contributed by atoms with van der Waals surface area (Å²) in [6, 6.07) is 9.08. The Kier molecular flexibility index (Phi) is 4.86. The molecule has 0 fully saturated rings.